The summed E-state index contributed by atoms with van der Waals surface area (Å²) in [7, 11) is 1.71. The van der Waals surface area contributed by atoms with Crippen molar-refractivity contribution in [2.75, 3.05) is 20.2 Å². The van der Waals surface area contributed by atoms with Gasteiger partial charge in [0.1, 0.15) is 11.6 Å². The van der Waals surface area contributed by atoms with Gasteiger partial charge < -0.3 is 15.4 Å². The Morgan fingerprint density at radius 1 is 1.11 bits per heavy atom. The number of ether oxygens (including phenoxy) is 1. The van der Waals surface area contributed by atoms with E-state index < -0.39 is 0 Å². The fraction of sp³-hybridized carbons (Fsp3) is 0.435. The SMILES string of the molecule is COc1cccc(CNC2=NCCNC23CCC(c2ccccc2)CC3)c1. The van der Waals surface area contributed by atoms with Gasteiger partial charge in [0.15, 0.2) is 0 Å². The highest BCUT2D eigenvalue weighted by Crippen LogP contribution is 2.39. The molecule has 2 aliphatic rings. The summed E-state index contributed by atoms with van der Waals surface area (Å²) in [5.41, 5.74) is 2.71. The maximum atomic E-state index is 5.34. The van der Waals surface area contributed by atoms with Crippen LogP contribution < -0.4 is 15.4 Å². The van der Waals surface area contributed by atoms with Gasteiger partial charge in [-0.05, 0) is 54.9 Å². The zero-order chi connectivity index (χ0) is 18.5. The van der Waals surface area contributed by atoms with Crippen molar-refractivity contribution in [3.05, 3.63) is 65.7 Å². The molecule has 4 heteroatoms. The van der Waals surface area contributed by atoms with Gasteiger partial charge in [-0.1, -0.05) is 42.5 Å². The molecule has 1 heterocycles. The molecule has 2 N–H and O–H groups in total. The Balaban J connectivity index is 1.42. The van der Waals surface area contributed by atoms with Crippen molar-refractivity contribution >= 4 is 5.84 Å². The van der Waals surface area contributed by atoms with E-state index in [-0.39, 0.29) is 5.54 Å². The van der Waals surface area contributed by atoms with Gasteiger partial charge in [-0.15, -0.1) is 0 Å². The fourth-order valence-electron chi connectivity index (χ4n) is 4.47. The first-order valence-electron chi connectivity index (χ1n) is 10.0. The Bertz CT molecular complexity index is 779. The van der Waals surface area contributed by atoms with Crippen LogP contribution in [0.3, 0.4) is 0 Å². The summed E-state index contributed by atoms with van der Waals surface area (Å²) in [6, 6.07) is 19.2. The van der Waals surface area contributed by atoms with E-state index in [1.165, 1.54) is 24.0 Å². The van der Waals surface area contributed by atoms with Crippen molar-refractivity contribution in [3.8, 4) is 5.75 Å². The van der Waals surface area contributed by atoms with Crippen LogP contribution in [0.1, 0.15) is 42.7 Å². The van der Waals surface area contributed by atoms with Gasteiger partial charge in [0.25, 0.3) is 0 Å². The van der Waals surface area contributed by atoms with E-state index in [1.54, 1.807) is 7.11 Å². The average molecular weight is 364 g/mol. The van der Waals surface area contributed by atoms with Gasteiger partial charge in [0.05, 0.1) is 19.2 Å². The molecule has 1 saturated carbocycles. The summed E-state index contributed by atoms with van der Waals surface area (Å²) in [5, 5.41) is 7.43. The number of rotatable bonds is 4. The van der Waals surface area contributed by atoms with Crippen LogP contribution in [-0.2, 0) is 6.54 Å². The second kappa shape index (κ2) is 8.13. The molecule has 0 aromatic heterocycles. The Labute approximate surface area is 162 Å². The molecule has 0 unspecified atom stereocenters. The van der Waals surface area contributed by atoms with Crippen LogP contribution in [0.5, 0.6) is 5.75 Å². The van der Waals surface area contributed by atoms with E-state index in [4.69, 9.17) is 9.73 Å². The third-order valence-corrected chi connectivity index (χ3v) is 6.00. The van der Waals surface area contributed by atoms with E-state index in [2.05, 4.69) is 53.1 Å². The highest BCUT2D eigenvalue weighted by atomic mass is 16.5. The summed E-state index contributed by atoms with van der Waals surface area (Å²) >= 11 is 0. The summed E-state index contributed by atoms with van der Waals surface area (Å²) in [5.74, 6) is 2.71. The Morgan fingerprint density at radius 3 is 2.70 bits per heavy atom. The molecule has 1 aliphatic heterocycles. The van der Waals surface area contributed by atoms with Crippen molar-refractivity contribution < 1.29 is 4.74 Å². The third-order valence-electron chi connectivity index (χ3n) is 6.00. The lowest BCUT2D eigenvalue weighted by Gasteiger charge is -2.44. The van der Waals surface area contributed by atoms with Gasteiger partial charge in [0.2, 0.25) is 0 Å². The molecule has 1 fully saturated rings. The van der Waals surface area contributed by atoms with Crippen molar-refractivity contribution in [2.45, 2.75) is 43.7 Å². The summed E-state index contributed by atoms with van der Waals surface area (Å²) in [4.78, 5) is 4.87. The van der Waals surface area contributed by atoms with Gasteiger partial charge in [-0.3, -0.25) is 4.99 Å². The maximum absolute atomic E-state index is 5.34. The first kappa shape index (κ1) is 18.1. The van der Waals surface area contributed by atoms with E-state index in [1.807, 2.05) is 12.1 Å². The van der Waals surface area contributed by atoms with E-state index in [0.29, 0.717) is 5.92 Å². The minimum Gasteiger partial charge on any atom is -0.497 e. The molecule has 1 spiro atoms. The maximum Gasteiger partial charge on any atom is 0.119 e. The predicted octanol–water partition coefficient (Wildman–Crippen LogP) is 3.88. The van der Waals surface area contributed by atoms with Crippen molar-refractivity contribution in [1.29, 1.82) is 0 Å². The van der Waals surface area contributed by atoms with Crippen LogP contribution in [0.4, 0.5) is 0 Å². The van der Waals surface area contributed by atoms with Gasteiger partial charge in [-0.25, -0.2) is 0 Å². The normalized spacial score (nSPS) is 25.1. The topological polar surface area (TPSA) is 45.6 Å². The smallest absolute Gasteiger partial charge is 0.119 e. The lowest BCUT2D eigenvalue weighted by molar-refractivity contribution is 0.276. The van der Waals surface area contributed by atoms with Crippen LogP contribution >= 0.6 is 0 Å². The molecule has 1 aliphatic carbocycles. The Morgan fingerprint density at radius 2 is 1.93 bits per heavy atom. The van der Waals surface area contributed by atoms with Crippen molar-refractivity contribution in [3.63, 3.8) is 0 Å². The fourth-order valence-corrected chi connectivity index (χ4v) is 4.47. The predicted molar refractivity (Wildman–Crippen MR) is 111 cm³/mol. The Kier molecular flexibility index (Phi) is 5.44. The summed E-state index contributed by atoms with van der Waals surface area (Å²) in [6.07, 6.45) is 4.68. The van der Waals surface area contributed by atoms with E-state index in [0.717, 1.165) is 44.1 Å². The highest BCUT2D eigenvalue weighted by Gasteiger charge is 2.41. The Hall–Kier alpha value is -2.33. The first-order valence-corrected chi connectivity index (χ1v) is 10.0. The van der Waals surface area contributed by atoms with Gasteiger partial charge >= 0.3 is 0 Å². The van der Waals surface area contributed by atoms with E-state index in [9.17, 15) is 0 Å². The number of hydrogen-bond donors (Lipinski definition) is 2. The molecule has 2 aromatic carbocycles. The second-order valence-electron chi connectivity index (χ2n) is 7.63. The molecule has 4 rings (SSSR count). The number of benzene rings is 2. The summed E-state index contributed by atoms with van der Waals surface area (Å²) in [6.45, 7) is 2.60. The molecule has 142 valence electrons. The average Bonchev–Trinajstić information content (AvgIpc) is 2.74. The number of hydrogen-bond acceptors (Lipinski definition) is 4. The standard InChI is InChI=1S/C23H29N3O/c1-27-21-9-5-6-18(16-21)17-25-22-23(26-15-14-24-22)12-10-20(11-13-23)19-7-3-2-4-8-19/h2-9,16,20,26H,10-15,17H2,1H3,(H,24,25). The van der Waals surface area contributed by atoms with Crippen LogP contribution in [-0.4, -0.2) is 31.6 Å². The number of amidine groups is 1. The molecular weight excluding hydrogens is 334 g/mol. The largest absolute Gasteiger partial charge is 0.497 e. The molecule has 0 amide bonds. The number of nitrogens with one attached hydrogen (secondary N) is 2. The van der Waals surface area contributed by atoms with E-state index >= 15 is 0 Å². The lowest BCUT2D eigenvalue weighted by atomic mass is 9.73. The molecular formula is C23H29N3O. The molecule has 2 aromatic rings. The summed E-state index contributed by atoms with van der Waals surface area (Å²) < 4.78 is 5.34. The zero-order valence-corrected chi connectivity index (χ0v) is 16.1. The molecule has 0 atom stereocenters. The van der Waals surface area contributed by atoms with Gasteiger partial charge in [0, 0.05) is 13.1 Å². The quantitative estimate of drug-likeness (QED) is 0.866. The van der Waals surface area contributed by atoms with Gasteiger partial charge in [-0.2, -0.15) is 0 Å². The molecule has 0 saturated heterocycles. The van der Waals surface area contributed by atoms with Crippen LogP contribution in [0.25, 0.3) is 0 Å². The minimum absolute atomic E-state index is 0.0163. The molecule has 0 bridgehead atoms. The third kappa shape index (κ3) is 4.01. The number of aliphatic imine (C=N–C) groups is 1. The minimum atomic E-state index is 0.0163. The molecule has 0 radical (unpaired) electrons. The van der Waals surface area contributed by atoms with Crippen molar-refractivity contribution in [2.24, 2.45) is 4.99 Å². The zero-order valence-electron chi connectivity index (χ0n) is 16.1. The van der Waals surface area contributed by atoms with Crippen LogP contribution in [0.2, 0.25) is 0 Å². The molecule has 4 nitrogen and oxygen atoms in total. The van der Waals surface area contributed by atoms with Crippen LogP contribution in [0, 0.1) is 0 Å². The highest BCUT2D eigenvalue weighted by molar-refractivity contribution is 5.92. The molecule has 27 heavy (non-hydrogen) atoms. The van der Waals surface area contributed by atoms with Crippen LogP contribution in [0.15, 0.2) is 59.6 Å². The number of nitrogens with zero attached hydrogens (tertiary/aromatic N) is 1. The first-order chi connectivity index (χ1) is 13.3. The van der Waals surface area contributed by atoms with Crippen molar-refractivity contribution in [1.82, 2.24) is 10.6 Å². The lowest BCUT2D eigenvalue weighted by Crippen LogP contribution is -2.61. The monoisotopic (exact) mass is 363 g/mol. The number of methoxy groups -OCH3 is 1. The second-order valence-corrected chi connectivity index (χ2v) is 7.63.